The maximum atomic E-state index is 13.6. The predicted octanol–water partition coefficient (Wildman–Crippen LogP) is 4.59. The Morgan fingerprint density at radius 3 is 2.31 bits per heavy atom. The lowest BCUT2D eigenvalue weighted by molar-refractivity contribution is 0.617. The fourth-order valence-electron chi connectivity index (χ4n) is 1.48. The molecule has 3 heteroatoms. The van der Waals surface area contributed by atoms with Crippen LogP contribution >= 0.6 is 11.6 Å². The fraction of sp³-hybridized carbons (Fsp3) is 0.0769. The Balaban J connectivity index is 2.54. The number of aryl methyl sites for hydroxylation is 1. The minimum absolute atomic E-state index is 0.328. The van der Waals surface area contributed by atoms with Gasteiger partial charge in [-0.1, -0.05) is 23.7 Å². The van der Waals surface area contributed by atoms with Gasteiger partial charge in [-0.05, 0) is 42.3 Å². The molecule has 0 saturated carbocycles. The van der Waals surface area contributed by atoms with Crippen LogP contribution in [0.1, 0.15) is 5.56 Å². The van der Waals surface area contributed by atoms with Gasteiger partial charge in [0.15, 0.2) is 0 Å². The summed E-state index contributed by atoms with van der Waals surface area (Å²) in [5.41, 5.74) is 1.40. The molecule has 0 radical (unpaired) electrons. The summed E-state index contributed by atoms with van der Waals surface area (Å²) >= 11 is 5.65. The van der Waals surface area contributed by atoms with Crippen molar-refractivity contribution in [3.05, 3.63) is 58.6 Å². The van der Waals surface area contributed by atoms with Gasteiger partial charge in [0.1, 0.15) is 11.6 Å². The largest absolute Gasteiger partial charge is 0.207 e. The fourth-order valence-corrected chi connectivity index (χ4v) is 1.64. The normalized spacial score (nSPS) is 10.5. The first-order chi connectivity index (χ1) is 7.58. The molecule has 0 aromatic heterocycles. The first-order valence-corrected chi connectivity index (χ1v) is 5.17. The molecule has 0 nitrogen and oxygen atoms in total. The second kappa shape index (κ2) is 4.22. The van der Waals surface area contributed by atoms with Gasteiger partial charge in [0.05, 0.1) is 0 Å². The van der Waals surface area contributed by atoms with Crippen LogP contribution in [0.3, 0.4) is 0 Å². The standard InChI is InChI=1S/C13H9ClF2/c1-8-2-3-9(6-12(8)15)11-5-4-10(14)7-13(11)16/h2-7H,1H3. The molecule has 16 heavy (non-hydrogen) atoms. The Labute approximate surface area is 97.5 Å². The molecule has 0 saturated heterocycles. The van der Waals surface area contributed by atoms with Crippen molar-refractivity contribution in [2.45, 2.75) is 6.92 Å². The van der Waals surface area contributed by atoms with Gasteiger partial charge in [0.25, 0.3) is 0 Å². The lowest BCUT2D eigenvalue weighted by Crippen LogP contribution is -1.87. The summed E-state index contributed by atoms with van der Waals surface area (Å²) in [7, 11) is 0. The maximum Gasteiger partial charge on any atom is 0.132 e. The van der Waals surface area contributed by atoms with E-state index in [0.717, 1.165) is 0 Å². The van der Waals surface area contributed by atoms with Gasteiger partial charge in [-0.3, -0.25) is 0 Å². The van der Waals surface area contributed by atoms with Gasteiger partial charge in [-0.2, -0.15) is 0 Å². The number of benzene rings is 2. The van der Waals surface area contributed by atoms with Crippen LogP contribution in [0.2, 0.25) is 5.02 Å². The highest BCUT2D eigenvalue weighted by molar-refractivity contribution is 6.30. The summed E-state index contributed by atoms with van der Waals surface area (Å²) in [5, 5.41) is 0.328. The SMILES string of the molecule is Cc1ccc(-c2ccc(Cl)cc2F)cc1F. The van der Waals surface area contributed by atoms with E-state index in [0.29, 0.717) is 21.7 Å². The van der Waals surface area contributed by atoms with Crippen LogP contribution in [0.25, 0.3) is 11.1 Å². The van der Waals surface area contributed by atoms with Crippen molar-refractivity contribution < 1.29 is 8.78 Å². The second-order valence-electron chi connectivity index (χ2n) is 3.59. The van der Waals surface area contributed by atoms with Crippen LogP contribution in [-0.4, -0.2) is 0 Å². The van der Waals surface area contributed by atoms with Crippen molar-refractivity contribution in [2.24, 2.45) is 0 Å². The predicted molar refractivity (Wildman–Crippen MR) is 61.5 cm³/mol. The minimum Gasteiger partial charge on any atom is -0.207 e. The molecule has 0 aliphatic heterocycles. The van der Waals surface area contributed by atoms with Crippen LogP contribution in [0.15, 0.2) is 36.4 Å². The maximum absolute atomic E-state index is 13.6. The average Bonchev–Trinajstić information content (AvgIpc) is 2.22. The van der Waals surface area contributed by atoms with E-state index in [-0.39, 0.29) is 5.82 Å². The molecule has 0 fully saturated rings. The smallest absolute Gasteiger partial charge is 0.132 e. The third kappa shape index (κ3) is 2.07. The molecule has 2 aromatic carbocycles. The lowest BCUT2D eigenvalue weighted by Gasteiger charge is -2.05. The Morgan fingerprint density at radius 2 is 1.69 bits per heavy atom. The molecule has 0 N–H and O–H groups in total. The van der Waals surface area contributed by atoms with E-state index in [4.69, 9.17) is 11.6 Å². The number of rotatable bonds is 1. The molecule has 0 aliphatic carbocycles. The highest BCUT2D eigenvalue weighted by Crippen LogP contribution is 2.26. The molecule has 2 aromatic rings. The van der Waals surface area contributed by atoms with Gasteiger partial charge >= 0.3 is 0 Å². The zero-order chi connectivity index (χ0) is 11.7. The molecule has 0 heterocycles. The first kappa shape index (κ1) is 11.1. The molecule has 0 spiro atoms. The molecule has 0 atom stereocenters. The zero-order valence-corrected chi connectivity index (χ0v) is 9.35. The molecule has 0 bridgehead atoms. The monoisotopic (exact) mass is 238 g/mol. The summed E-state index contributed by atoms with van der Waals surface area (Å²) in [6.45, 7) is 1.66. The average molecular weight is 239 g/mol. The Morgan fingerprint density at radius 1 is 0.938 bits per heavy atom. The van der Waals surface area contributed by atoms with E-state index in [9.17, 15) is 8.78 Å². The second-order valence-corrected chi connectivity index (χ2v) is 4.02. The highest BCUT2D eigenvalue weighted by atomic mass is 35.5. The molecule has 2 rings (SSSR count). The van der Waals surface area contributed by atoms with Crippen LogP contribution in [0.5, 0.6) is 0 Å². The van der Waals surface area contributed by atoms with Crippen molar-refractivity contribution in [1.29, 1.82) is 0 Å². The third-order valence-corrected chi connectivity index (χ3v) is 2.65. The Kier molecular flexibility index (Phi) is 2.92. The summed E-state index contributed by atoms with van der Waals surface area (Å²) in [6, 6.07) is 8.97. The van der Waals surface area contributed by atoms with Gasteiger partial charge in [-0.15, -0.1) is 0 Å². The van der Waals surface area contributed by atoms with E-state index in [1.807, 2.05) is 0 Å². The minimum atomic E-state index is -0.448. The van der Waals surface area contributed by atoms with Gasteiger partial charge in [0, 0.05) is 10.6 Å². The summed E-state index contributed by atoms with van der Waals surface area (Å²) in [5.74, 6) is -0.789. The van der Waals surface area contributed by atoms with Crippen molar-refractivity contribution in [3.8, 4) is 11.1 Å². The first-order valence-electron chi connectivity index (χ1n) is 4.79. The topological polar surface area (TPSA) is 0 Å². The molecular formula is C13H9ClF2. The van der Waals surface area contributed by atoms with Crippen molar-refractivity contribution >= 4 is 11.6 Å². The lowest BCUT2D eigenvalue weighted by atomic mass is 10.0. The van der Waals surface area contributed by atoms with E-state index < -0.39 is 5.82 Å². The van der Waals surface area contributed by atoms with Gasteiger partial charge < -0.3 is 0 Å². The van der Waals surface area contributed by atoms with Crippen LogP contribution in [0, 0.1) is 18.6 Å². The van der Waals surface area contributed by atoms with Crippen LogP contribution < -0.4 is 0 Å². The third-order valence-electron chi connectivity index (χ3n) is 2.41. The van der Waals surface area contributed by atoms with Gasteiger partial charge in [-0.25, -0.2) is 8.78 Å². The highest BCUT2D eigenvalue weighted by Gasteiger charge is 2.07. The molecule has 0 unspecified atom stereocenters. The van der Waals surface area contributed by atoms with E-state index in [1.165, 1.54) is 12.1 Å². The van der Waals surface area contributed by atoms with E-state index in [2.05, 4.69) is 0 Å². The Hall–Kier alpha value is -1.41. The van der Waals surface area contributed by atoms with E-state index in [1.54, 1.807) is 31.2 Å². The quantitative estimate of drug-likeness (QED) is 0.682. The van der Waals surface area contributed by atoms with Crippen LogP contribution in [0.4, 0.5) is 8.78 Å². The van der Waals surface area contributed by atoms with Crippen molar-refractivity contribution in [2.75, 3.05) is 0 Å². The van der Waals surface area contributed by atoms with Crippen molar-refractivity contribution in [3.63, 3.8) is 0 Å². The molecule has 0 amide bonds. The summed E-state index contributed by atoms with van der Waals surface area (Å²) < 4.78 is 26.9. The molecule has 0 aliphatic rings. The van der Waals surface area contributed by atoms with E-state index >= 15 is 0 Å². The van der Waals surface area contributed by atoms with Gasteiger partial charge in [0.2, 0.25) is 0 Å². The van der Waals surface area contributed by atoms with Crippen LogP contribution in [-0.2, 0) is 0 Å². The van der Waals surface area contributed by atoms with Crippen molar-refractivity contribution in [1.82, 2.24) is 0 Å². The summed E-state index contributed by atoms with van der Waals surface area (Å²) in [6.07, 6.45) is 0. The Bertz CT molecular complexity index is 535. The zero-order valence-electron chi connectivity index (χ0n) is 8.60. The molecule has 82 valence electrons. The summed E-state index contributed by atoms with van der Waals surface area (Å²) in [4.78, 5) is 0. The number of hydrogen-bond donors (Lipinski definition) is 0. The molecular weight excluding hydrogens is 230 g/mol. The number of hydrogen-bond acceptors (Lipinski definition) is 0. The number of halogens is 3.